The molecule has 1 nitrogen and oxygen atoms in total. The highest BCUT2D eigenvalue weighted by Crippen LogP contribution is 2.18. The lowest BCUT2D eigenvalue weighted by molar-refractivity contribution is 0.262. The Bertz CT molecular complexity index is 70.9. The molecule has 1 atom stereocenters. The van der Waals surface area contributed by atoms with Crippen LogP contribution in [0.5, 0.6) is 0 Å². The van der Waals surface area contributed by atoms with Crippen molar-refractivity contribution in [2.45, 2.75) is 53.0 Å². The van der Waals surface area contributed by atoms with Crippen molar-refractivity contribution in [2.24, 2.45) is 0 Å². The van der Waals surface area contributed by atoms with Crippen LogP contribution in [0, 0.1) is 0 Å². The van der Waals surface area contributed by atoms with Gasteiger partial charge in [-0.15, -0.1) is 0 Å². The molecular formula is C10H23N. The summed E-state index contributed by atoms with van der Waals surface area (Å²) in [7, 11) is 0. The van der Waals surface area contributed by atoms with E-state index in [0.29, 0.717) is 0 Å². The van der Waals surface area contributed by atoms with Crippen molar-refractivity contribution in [3.8, 4) is 0 Å². The van der Waals surface area contributed by atoms with Gasteiger partial charge in [-0.1, -0.05) is 27.7 Å². The van der Waals surface area contributed by atoms with E-state index in [1.807, 2.05) is 13.8 Å². The fourth-order valence-corrected chi connectivity index (χ4v) is 1.77. The minimum absolute atomic E-state index is 0.912. The molecule has 0 bridgehead atoms. The minimum Gasteiger partial charge on any atom is -0.301 e. The summed E-state index contributed by atoms with van der Waals surface area (Å²) in [6.07, 6.45) is 4.20. The highest BCUT2D eigenvalue weighted by Gasteiger charge is 2.20. The molecule has 0 saturated carbocycles. The molecule has 1 aliphatic heterocycles. The van der Waals surface area contributed by atoms with Crippen LogP contribution >= 0.6 is 0 Å². The van der Waals surface area contributed by atoms with Crippen molar-refractivity contribution in [2.75, 3.05) is 13.1 Å². The van der Waals surface area contributed by atoms with E-state index in [-0.39, 0.29) is 0 Å². The average molecular weight is 157 g/mol. The van der Waals surface area contributed by atoms with Crippen LogP contribution in [0.1, 0.15) is 47.0 Å². The maximum absolute atomic E-state index is 2.58. The predicted molar refractivity (Wildman–Crippen MR) is 51.9 cm³/mol. The lowest BCUT2D eigenvalue weighted by Gasteiger charge is -2.20. The lowest BCUT2D eigenvalue weighted by atomic mass is 10.2. The van der Waals surface area contributed by atoms with E-state index >= 15 is 0 Å². The number of hydrogen-bond donors (Lipinski definition) is 0. The first-order chi connectivity index (χ1) is 5.38. The molecular weight excluding hydrogens is 134 g/mol. The maximum Gasteiger partial charge on any atom is 0.00929 e. The standard InChI is InChI=1S/C8H17N.C2H6/c1-3-8-6-5-7-9(8)4-2;1-2/h8H,3-7H2,1-2H3;1-2H3/t8-;/m0./s1. The van der Waals surface area contributed by atoms with Crippen LogP contribution in [0.15, 0.2) is 0 Å². The second-order valence-electron chi connectivity index (χ2n) is 2.83. The van der Waals surface area contributed by atoms with Gasteiger partial charge in [0.15, 0.2) is 0 Å². The van der Waals surface area contributed by atoms with E-state index in [2.05, 4.69) is 18.7 Å². The first-order valence-electron chi connectivity index (χ1n) is 5.12. The van der Waals surface area contributed by atoms with Crippen LogP contribution in [-0.2, 0) is 0 Å². The molecule has 0 spiro atoms. The normalized spacial score (nSPS) is 24.5. The van der Waals surface area contributed by atoms with E-state index < -0.39 is 0 Å². The van der Waals surface area contributed by atoms with Gasteiger partial charge in [0.25, 0.3) is 0 Å². The summed E-state index contributed by atoms with van der Waals surface area (Å²) >= 11 is 0. The highest BCUT2D eigenvalue weighted by atomic mass is 15.2. The molecule has 0 unspecified atom stereocenters. The third kappa shape index (κ3) is 3.24. The van der Waals surface area contributed by atoms with Crippen LogP contribution in [0.2, 0.25) is 0 Å². The molecule has 11 heavy (non-hydrogen) atoms. The van der Waals surface area contributed by atoms with E-state index in [0.717, 1.165) is 6.04 Å². The molecule has 0 amide bonds. The van der Waals surface area contributed by atoms with Crippen molar-refractivity contribution in [1.29, 1.82) is 0 Å². The molecule has 0 N–H and O–H groups in total. The van der Waals surface area contributed by atoms with E-state index in [1.165, 1.54) is 32.4 Å². The topological polar surface area (TPSA) is 3.24 Å². The first-order valence-corrected chi connectivity index (χ1v) is 5.12. The third-order valence-electron chi connectivity index (χ3n) is 2.38. The van der Waals surface area contributed by atoms with Crippen molar-refractivity contribution < 1.29 is 0 Å². The molecule has 68 valence electrons. The minimum atomic E-state index is 0.912. The van der Waals surface area contributed by atoms with Crippen LogP contribution in [0.4, 0.5) is 0 Å². The monoisotopic (exact) mass is 157 g/mol. The Morgan fingerprint density at radius 3 is 2.27 bits per heavy atom. The quantitative estimate of drug-likeness (QED) is 0.595. The van der Waals surface area contributed by atoms with Crippen molar-refractivity contribution >= 4 is 0 Å². The van der Waals surface area contributed by atoms with Gasteiger partial charge in [0, 0.05) is 6.04 Å². The summed E-state index contributed by atoms with van der Waals surface area (Å²) in [6.45, 7) is 11.1. The third-order valence-corrected chi connectivity index (χ3v) is 2.38. The summed E-state index contributed by atoms with van der Waals surface area (Å²) in [5.41, 5.74) is 0. The van der Waals surface area contributed by atoms with Crippen molar-refractivity contribution in [3.63, 3.8) is 0 Å². The van der Waals surface area contributed by atoms with Gasteiger partial charge < -0.3 is 4.90 Å². The first kappa shape index (κ1) is 11.0. The fraction of sp³-hybridized carbons (Fsp3) is 1.00. The second-order valence-corrected chi connectivity index (χ2v) is 2.83. The summed E-state index contributed by atoms with van der Waals surface area (Å²) in [5, 5.41) is 0. The van der Waals surface area contributed by atoms with E-state index in [4.69, 9.17) is 0 Å². The number of rotatable bonds is 2. The summed E-state index contributed by atoms with van der Waals surface area (Å²) in [4.78, 5) is 2.58. The van der Waals surface area contributed by atoms with Gasteiger partial charge in [0.1, 0.15) is 0 Å². The molecule has 0 aromatic carbocycles. The molecule has 1 heteroatoms. The fourth-order valence-electron chi connectivity index (χ4n) is 1.77. The highest BCUT2D eigenvalue weighted by molar-refractivity contribution is 4.76. The van der Waals surface area contributed by atoms with Crippen molar-refractivity contribution in [1.82, 2.24) is 4.90 Å². The molecule has 0 aromatic rings. The number of nitrogens with zero attached hydrogens (tertiary/aromatic N) is 1. The molecule has 1 aliphatic rings. The Kier molecular flexibility index (Phi) is 6.63. The van der Waals surface area contributed by atoms with Gasteiger partial charge in [0.2, 0.25) is 0 Å². The van der Waals surface area contributed by atoms with Gasteiger partial charge in [-0.25, -0.2) is 0 Å². The summed E-state index contributed by atoms with van der Waals surface area (Å²) in [5.74, 6) is 0. The largest absolute Gasteiger partial charge is 0.301 e. The molecule has 1 fully saturated rings. The second kappa shape index (κ2) is 6.66. The average Bonchev–Trinajstić information content (AvgIpc) is 2.54. The molecule has 1 heterocycles. The summed E-state index contributed by atoms with van der Waals surface area (Å²) < 4.78 is 0. The SMILES string of the molecule is CC.CC[C@H]1CCCN1CC. The zero-order valence-electron chi connectivity index (χ0n) is 8.56. The van der Waals surface area contributed by atoms with Gasteiger partial charge in [-0.05, 0) is 32.4 Å². The van der Waals surface area contributed by atoms with E-state index in [1.54, 1.807) is 0 Å². The van der Waals surface area contributed by atoms with Gasteiger partial charge in [0.05, 0.1) is 0 Å². The van der Waals surface area contributed by atoms with Crippen LogP contribution in [-0.4, -0.2) is 24.0 Å². The zero-order chi connectivity index (χ0) is 8.69. The van der Waals surface area contributed by atoms with E-state index in [9.17, 15) is 0 Å². The summed E-state index contributed by atoms with van der Waals surface area (Å²) in [6, 6.07) is 0.912. The molecule has 0 radical (unpaired) electrons. The maximum atomic E-state index is 2.58. The Labute approximate surface area is 71.8 Å². The lowest BCUT2D eigenvalue weighted by Crippen LogP contribution is -2.28. The smallest absolute Gasteiger partial charge is 0.00929 e. The molecule has 0 aliphatic carbocycles. The molecule has 0 aromatic heterocycles. The van der Waals surface area contributed by atoms with Crippen LogP contribution in [0.3, 0.4) is 0 Å². The zero-order valence-corrected chi connectivity index (χ0v) is 8.56. The van der Waals surface area contributed by atoms with Crippen LogP contribution in [0.25, 0.3) is 0 Å². The molecule has 1 rings (SSSR count). The van der Waals surface area contributed by atoms with Gasteiger partial charge in [-0.2, -0.15) is 0 Å². The Hall–Kier alpha value is -0.0400. The Morgan fingerprint density at radius 1 is 1.27 bits per heavy atom. The Balaban J connectivity index is 0.000000461. The van der Waals surface area contributed by atoms with Crippen molar-refractivity contribution in [3.05, 3.63) is 0 Å². The number of hydrogen-bond acceptors (Lipinski definition) is 1. The molecule has 1 saturated heterocycles. The van der Waals surface area contributed by atoms with Gasteiger partial charge >= 0.3 is 0 Å². The predicted octanol–water partition coefficient (Wildman–Crippen LogP) is 2.91. The number of likely N-dealkylation sites (tertiary alicyclic amines) is 1. The van der Waals surface area contributed by atoms with Gasteiger partial charge in [-0.3, -0.25) is 0 Å². The van der Waals surface area contributed by atoms with Crippen LogP contribution < -0.4 is 0 Å². The Morgan fingerprint density at radius 2 is 1.91 bits per heavy atom.